The van der Waals surface area contributed by atoms with Crippen molar-refractivity contribution in [3.05, 3.63) is 21.3 Å². The van der Waals surface area contributed by atoms with Gasteiger partial charge in [-0.05, 0) is 18.6 Å². The molecular weight excluding hydrogens is 334 g/mol. The van der Waals surface area contributed by atoms with Crippen LogP contribution in [0.5, 0.6) is 0 Å². The van der Waals surface area contributed by atoms with E-state index in [-0.39, 0.29) is 24.3 Å². The van der Waals surface area contributed by atoms with Crippen molar-refractivity contribution in [2.75, 3.05) is 32.7 Å². The van der Waals surface area contributed by atoms with Gasteiger partial charge < -0.3 is 10.2 Å². The summed E-state index contributed by atoms with van der Waals surface area (Å²) in [7, 11) is 0. The molecule has 23 heavy (non-hydrogen) atoms. The Morgan fingerprint density at radius 1 is 1.30 bits per heavy atom. The van der Waals surface area contributed by atoms with Crippen LogP contribution >= 0.6 is 22.9 Å². The first kappa shape index (κ1) is 18.2. The van der Waals surface area contributed by atoms with Crippen molar-refractivity contribution in [3.8, 4) is 0 Å². The lowest BCUT2D eigenvalue weighted by Crippen LogP contribution is -2.51. The number of halogens is 1. The number of hydrogen-bond acceptors (Lipinski definition) is 4. The molecule has 1 aromatic heterocycles. The average molecular weight is 358 g/mol. The molecule has 0 aliphatic carbocycles. The van der Waals surface area contributed by atoms with E-state index in [1.807, 2.05) is 24.8 Å². The smallest absolute Gasteiger partial charge is 0.242 e. The fourth-order valence-electron chi connectivity index (χ4n) is 2.45. The van der Waals surface area contributed by atoms with Crippen LogP contribution in [0.1, 0.15) is 25.1 Å². The number of carbonyl (C=O) groups excluding carboxylic acids is 2. The van der Waals surface area contributed by atoms with Gasteiger partial charge in [0.2, 0.25) is 11.8 Å². The SMILES string of the molecule is CCC(C)C(=O)NCC(=O)N1CCN(Cc2ccc(Cl)s2)CC1. The zero-order chi connectivity index (χ0) is 16.8. The minimum absolute atomic E-state index is 0.000436. The molecule has 1 fully saturated rings. The minimum Gasteiger partial charge on any atom is -0.347 e. The number of piperazine rings is 1. The second-order valence-electron chi connectivity index (χ2n) is 5.89. The van der Waals surface area contributed by atoms with Crippen molar-refractivity contribution in [2.24, 2.45) is 5.92 Å². The first-order valence-electron chi connectivity index (χ1n) is 8.01. The fraction of sp³-hybridized carbons (Fsp3) is 0.625. The summed E-state index contributed by atoms with van der Waals surface area (Å²) >= 11 is 7.55. The first-order valence-corrected chi connectivity index (χ1v) is 9.21. The highest BCUT2D eigenvalue weighted by molar-refractivity contribution is 7.16. The molecule has 1 saturated heterocycles. The van der Waals surface area contributed by atoms with Crippen LogP contribution in [0.15, 0.2) is 12.1 Å². The van der Waals surface area contributed by atoms with E-state index in [1.54, 1.807) is 11.3 Å². The molecule has 1 aromatic rings. The molecule has 7 heteroatoms. The number of nitrogens with one attached hydrogen (secondary N) is 1. The molecule has 0 radical (unpaired) electrons. The lowest BCUT2D eigenvalue weighted by atomic mass is 10.1. The predicted octanol–water partition coefficient (Wildman–Crippen LogP) is 2.21. The summed E-state index contributed by atoms with van der Waals surface area (Å²) < 4.78 is 0.811. The van der Waals surface area contributed by atoms with Crippen LogP contribution in [-0.2, 0) is 16.1 Å². The summed E-state index contributed by atoms with van der Waals surface area (Å²) in [4.78, 5) is 29.3. The van der Waals surface area contributed by atoms with Gasteiger partial charge in [0.15, 0.2) is 0 Å². The van der Waals surface area contributed by atoms with Gasteiger partial charge in [0.1, 0.15) is 0 Å². The molecule has 0 spiro atoms. The van der Waals surface area contributed by atoms with Gasteiger partial charge in [0, 0.05) is 43.5 Å². The van der Waals surface area contributed by atoms with Crippen LogP contribution in [0.3, 0.4) is 0 Å². The van der Waals surface area contributed by atoms with Gasteiger partial charge >= 0.3 is 0 Å². The molecule has 128 valence electrons. The molecule has 0 bridgehead atoms. The second kappa shape index (κ2) is 8.66. The maximum Gasteiger partial charge on any atom is 0.242 e. The van der Waals surface area contributed by atoms with Crippen molar-refractivity contribution in [3.63, 3.8) is 0 Å². The quantitative estimate of drug-likeness (QED) is 0.849. The second-order valence-corrected chi connectivity index (χ2v) is 7.69. The van der Waals surface area contributed by atoms with E-state index in [0.29, 0.717) is 13.1 Å². The zero-order valence-corrected chi connectivity index (χ0v) is 15.3. The summed E-state index contributed by atoms with van der Waals surface area (Å²) in [6.45, 7) is 7.92. The summed E-state index contributed by atoms with van der Waals surface area (Å²) in [5, 5.41) is 2.73. The minimum atomic E-state index is -0.0472. The summed E-state index contributed by atoms with van der Waals surface area (Å²) in [5.74, 6) is -0.0909. The molecule has 5 nitrogen and oxygen atoms in total. The Kier molecular flexibility index (Phi) is 6.87. The molecule has 0 saturated carbocycles. The Morgan fingerprint density at radius 3 is 2.57 bits per heavy atom. The van der Waals surface area contributed by atoms with E-state index >= 15 is 0 Å². The lowest BCUT2D eigenvalue weighted by molar-refractivity contribution is -0.135. The van der Waals surface area contributed by atoms with Crippen molar-refractivity contribution >= 4 is 34.8 Å². The topological polar surface area (TPSA) is 52.7 Å². The van der Waals surface area contributed by atoms with E-state index < -0.39 is 0 Å². The van der Waals surface area contributed by atoms with E-state index in [2.05, 4.69) is 16.3 Å². The molecule has 2 heterocycles. The fourth-order valence-corrected chi connectivity index (χ4v) is 3.58. The van der Waals surface area contributed by atoms with Gasteiger partial charge in [0.25, 0.3) is 0 Å². The van der Waals surface area contributed by atoms with Crippen molar-refractivity contribution in [1.82, 2.24) is 15.1 Å². The monoisotopic (exact) mass is 357 g/mol. The lowest BCUT2D eigenvalue weighted by Gasteiger charge is -2.34. The van der Waals surface area contributed by atoms with Gasteiger partial charge in [-0.25, -0.2) is 0 Å². The molecule has 1 aliphatic rings. The van der Waals surface area contributed by atoms with Crippen LogP contribution in [0, 0.1) is 5.92 Å². The van der Waals surface area contributed by atoms with Crippen LogP contribution in [-0.4, -0.2) is 54.3 Å². The standard InChI is InChI=1S/C16H24ClN3O2S/c1-3-12(2)16(22)18-10-15(21)20-8-6-19(7-9-20)11-13-4-5-14(17)23-13/h4-5,12H,3,6-11H2,1-2H3,(H,18,22). The van der Waals surface area contributed by atoms with Crippen molar-refractivity contribution < 1.29 is 9.59 Å². The van der Waals surface area contributed by atoms with Gasteiger partial charge in [-0.1, -0.05) is 25.4 Å². The third-order valence-electron chi connectivity index (χ3n) is 4.21. The largest absolute Gasteiger partial charge is 0.347 e. The number of rotatable bonds is 6. The van der Waals surface area contributed by atoms with Crippen LogP contribution < -0.4 is 5.32 Å². The number of nitrogens with zero attached hydrogens (tertiary/aromatic N) is 2. The Hall–Kier alpha value is -1.11. The molecule has 2 amide bonds. The summed E-state index contributed by atoms with van der Waals surface area (Å²) in [6, 6.07) is 3.97. The summed E-state index contributed by atoms with van der Waals surface area (Å²) in [6.07, 6.45) is 0.783. The van der Waals surface area contributed by atoms with Crippen molar-refractivity contribution in [2.45, 2.75) is 26.8 Å². The van der Waals surface area contributed by atoms with Gasteiger partial charge in [-0.3, -0.25) is 14.5 Å². The summed E-state index contributed by atoms with van der Waals surface area (Å²) in [5.41, 5.74) is 0. The van der Waals surface area contributed by atoms with Crippen LogP contribution in [0.4, 0.5) is 0 Å². The molecular formula is C16H24ClN3O2S. The molecule has 0 aromatic carbocycles. The maximum atomic E-state index is 12.2. The van der Waals surface area contributed by atoms with Crippen molar-refractivity contribution in [1.29, 1.82) is 0 Å². The molecule has 2 rings (SSSR count). The number of thiophene rings is 1. The van der Waals surface area contributed by atoms with Crippen LogP contribution in [0.25, 0.3) is 0 Å². The van der Waals surface area contributed by atoms with Gasteiger partial charge in [-0.2, -0.15) is 0 Å². The Balaban J connectivity index is 1.71. The molecule has 1 aliphatic heterocycles. The third kappa shape index (κ3) is 5.48. The Labute approximate surface area is 146 Å². The normalized spacial score (nSPS) is 17.1. The predicted molar refractivity (Wildman–Crippen MR) is 93.7 cm³/mol. The van der Waals surface area contributed by atoms with E-state index in [0.717, 1.165) is 30.4 Å². The van der Waals surface area contributed by atoms with E-state index in [9.17, 15) is 9.59 Å². The average Bonchev–Trinajstić information content (AvgIpc) is 2.97. The molecule has 1 N–H and O–H groups in total. The molecule has 1 atom stereocenters. The highest BCUT2D eigenvalue weighted by atomic mass is 35.5. The maximum absolute atomic E-state index is 12.2. The highest BCUT2D eigenvalue weighted by Crippen LogP contribution is 2.23. The number of amides is 2. The number of hydrogen-bond donors (Lipinski definition) is 1. The Morgan fingerprint density at radius 2 is 2.00 bits per heavy atom. The number of carbonyl (C=O) groups is 2. The highest BCUT2D eigenvalue weighted by Gasteiger charge is 2.22. The zero-order valence-electron chi connectivity index (χ0n) is 13.7. The first-order chi connectivity index (χ1) is 11.0. The van der Waals surface area contributed by atoms with Crippen LogP contribution in [0.2, 0.25) is 4.34 Å². The van der Waals surface area contributed by atoms with E-state index in [4.69, 9.17) is 11.6 Å². The van der Waals surface area contributed by atoms with Gasteiger partial charge in [-0.15, -0.1) is 11.3 Å². The molecule has 1 unspecified atom stereocenters. The third-order valence-corrected chi connectivity index (χ3v) is 5.42. The Bertz CT molecular complexity index is 541. The van der Waals surface area contributed by atoms with E-state index in [1.165, 1.54) is 4.88 Å². The van der Waals surface area contributed by atoms with Gasteiger partial charge in [0.05, 0.1) is 10.9 Å².